The zero-order valence-corrected chi connectivity index (χ0v) is 14.5. The lowest BCUT2D eigenvalue weighted by molar-refractivity contribution is -0.00621. The Balaban J connectivity index is 2.14. The molecule has 0 atom stereocenters. The van der Waals surface area contributed by atoms with Crippen LogP contribution in [0.5, 0.6) is 0 Å². The molecule has 0 fully saturated rings. The van der Waals surface area contributed by atoms with Gasteiger partial charge in [0.25, 0.3) is 5.91 Å². The largest absolute Gasteiger partial charge is 0.394 e. The fourth-order valence-corrected chi connectivity index (χ4v) is 2.16. The molecule has 1 amide bonds. The van der Waals surface area contributed by atoms with Gasteiger partial charge in [-0.3, -0.25) is 9.63 Å². The number of amides is 1. The third-order valence-electron chi connectivity index (χ3n) is 3.45. The van der Waals surface area contributed by atoms with Crippen LogP contribution in [0.15, 0.2) is 30.3 Å². The molecule has 2 aromatic carbocycles. The standard InChI is InChI=1S/C18H19F3N2O4/c1-11-2-5-15(14(20)10-11)22-17-12(3-4-13(19)16(17)21)18(25)23-27-9-8-26-7-6-24/h2-5,10,22,24H,6-9H2,1H3,(H,23,25). The van der Waals surface area contributed by atoms with Crippen molar-refractivity contribution < 1.29 is 32.6 Å². The monoisotopic (exact) mass is 384 g/mol. The van der Waals surface area contributed by atoms with Gasteiger partial charge in [0.2, 0.25) is 0 Å². The number of benzene rings is 2. The number of anilines is 2. The fraction of sp³-hybridized carbons (Fsp3) is 0.278. The number of carbonyl (C=O) groups is 1. The van der Waals surface area contributed by atoms with Gasteiger partial charge in [-0.2, -0.15) is 0 Å². The van der Waals surface area contributed by atoms with Crippen molar-refractivity contribution in [2.24, 2.45) is 0 Å². The highest BCUT2D eigenvalue weighted by Gasteiger charge is 2.20. The zero-order valence-electron chi connectivity index (χ0n) is 14.5. The van der Waals surface area contributed by atoms with Gasteiger partial charge in [-0.05, 0) is 36.8 Å². The lowest BCUT2D eigenvalue weighted by Crippen LogP contribution is -2.27. The van der Waals surface area contributed by atoms with Crippen molar-refractivity contribution >= 4 is 17.3 Å². The Morgan fingerprint density at radius 1 is 1.07 bits per heavy atom. The molecule has 0 saturated heterocycles. The van der Waals surface area contributed by atoms with Crippen LogP contribution in [0.25, 0.3) is 0 Å². The smallest absolute Gasteiger partial charge is 0.277 e. The van der Waals surface area contributed by atoms with Crippen molar-refractivity contribution in [2.45, 2.75) is 6.92 Å². The molecule has 2 aromatic rings. The molecule has 9 heteroatoms. The minimum atomic E-state index is -1.33. The van der Waals surface area contributed by atoms with Crippen molar-refractivity contribution in [1.29, 1.82) is 0 Å². The zero-order chi connectivity index (χ0) is 19.8. The van der Waals surface area contributed by atoms with E-state index in [1.807, 2.05) is 0 Å². The Morgan fingerprint density at radius 3 is 2.56 bits per heavy atom. The van der Waals surface area contributed by atoms with E-state index >= 15 is 0 Å². The third kappa shape index (κ3) is 5.68. The van der Waals surface area contributed by atoms with E-state index in [1.165, 1.54) is 12.1 Å². The van der Waals surface area contributed by atoms with E-state index in [4.69, 9.17) is 14.7 Å². The first-order valence-electron chi connectivity index (χ1n) is 8.06. The van der Waals surface area contributed by atoms with Crippen molar-refractivity contribution in [3.8, 4) is 0 Å². The van der Waals surface area contributed by atoms with E-state index in [0.29, 0.717) is 5.56 Å². The topological polar surface area (TPSA) is 79.8 Å². The molecule has 6 nitrogen and oxygen atoms in total. The SMILES string of the molecule is Cc1ccc(Nc2c(C(=O)NOCCOCCO)ccc(F)c2F)c(F)c1. The summed E-state index contributed by atoms with van der Waals surface area (Å²) in [6, 6.07) is 5.98. The molecule has 146 valence electrons. The normalized spacial score (nSPS) is 10.7. The molecule has 0 unspecified atom stereocenters. The van der Waals surface area contributed by atoms with Gasteiger partial charge in [0.05, 0.1) is 43.4 Å². The van der Waals surface area contributed by atoms with E-state index in [9.17, 15) is 18.0 Å². The number of hydrogen-bond donors (Lipinski definition) is 3. The van der Waals surface area contributed by atoms with Crippen molar-refractivity contribution in [2.75, 3.05) is 31.7 Å². The molecular formula is C18H19F3N2O4. The number of hydroxylamine groups is 1. The number of nitrogens with one attached hydrogen (secondary N) is 2. The average molecular weight is 384 g/mol. The summed E-state index contributed by atoms with van der Waals surface area (Å²) in [5.74, 6) is -4.05. The molecule has 0 aliphatic heterocycles. The van der Waals surface area contributed by atoms with Gasteiger partial charge in [-0.1, -0.05) is 6.07 Å². The summed E-state index contributed by atoms with van der Waals surface area (Å²) in [6.45, 7) is 1.74. The molecule has 0 saturated carbocycles. The molecule has 0 aliphatic rings. The minimum absolute atomic E-state index is 0.0230. The van der Waals surface area contributed by atoms with Crippen LogP contribution in [0.3, 0.4) is 0 Å². The van der Waals surface area contributed by atoms with Crippen LogP contribution in [0, 0.1) is 24.4 Å². The van der Waals surface area contributed by atoms with Crippen LogP contribution >= 0.6 is 0 Å². The summed E-state index contributed by atoms with van der Waals surface area (Å²) in [4.78, 5) is 17.1. The molecule has 3 N–H and O–H groups in total. The first-order valence-corrected chi connectivity index (χ1v) is 8.06. The Labute approximate surface area is 153 Å². The number of aryl methyl sites for hydroxylation is 1. The highest BCUT2D eigenvalue weighted by Crippen LogP contribution is 2.28. The predicted octanol–water partition coefficient (Wildman–Crippen LogP) is 2.83. The van der Waals surface area contributed by atoms with E-state index in [0.717, 1.165) is 12.1 Å². The number of rotatable bonds is 9. The maximum Gasteiger partial charge on any atom is 0.277 e. The number of ether oxygens (including phenoxy) is 1. The summed E-state index contributed by atoms with van der Waals surface area (Å²) < 4.78 is 46.8. The van der Waals surface area contributed by atoms with Crippen LogP contribution in [0.1, 0.15) is 15.9 Å². The summed E-state index contributed by atoms with van der Waals surface area (Å²) >= 11 is 0. The Kier molecular flexibility index (Phi) is 7.59. The van der Waals surface area contributed by atoms with Crippen molar-refractivity contribution in [3.63, 3.8) is 0 Å². The quantitative estimate of drug-likeness (QED) is 0.458. The number of hydrogen-bond acceptors (Lipinski definition) is 5. The third-order valence-corrected chi connectivity index (χ3v) is 3.45. The molecular weight excluding hydrogens is 365 g/mol. The van der Waals surface area contributed by atoms with E-state index in [2.05, 4.69) is 10.8 Å². The number of carbonyl (C=O) groups excluding carboxylic acids is 1. The first-order chi connectivity index (χ1) is 12.9. The van der Waals surface area contributed by atoms with Crippen molar-refractivity contribution in [3.05, 3.63) is 58.9 Å². The van der Waals surface area contributed by atoms with Gasteiger partial charge >= 0.3 is 0 Å². The molecule has 0 spiro atoms. The molecule has 2 rings (SSSR count). The highest BCUT2D eigenvalue weighted by molar-refractivity contribution is 5.99. The number of halogens is 3. The van der Waals surface area contributed by atoms with Crippen LogP contribution in [0.2, 0.25) is 0 Å². The Morgan fingerprint density at radius 2 is 1.85 bits per heavy atom. The number of aliphatic hydroxyl groups excluding tert-OH is 1. The van der Waals surface area contributed by atoms with Gasteiger partial charge < -0.3 is 15.2 Å². The van der Waals surface area contributed by atoms with Crippen LogP contribution in [-0.4, -0.2) is 37.4 Å². The summed E-state index contributed by atoms with van der Waals surface area (Å²) in [6.07, 6.45) is 0. The Bertz CT molecular complexity index is 802. The first kappa shape index (κ1) is 20.7. The van der Waals surface area contributed by atoms with Gasteiger partial charge in [0, 0.05) is 0 Å². The minimum Gasteiger partial charge on any atom is -0.394 e. The molecule has 0 radical (unpaired) electrons. The number of aliphatic hydroxyl groups is 1. The van der Waals surface area contributed by atoms with E-state index in [-0.39, 0.29) is 37.7 Å². The van der Waals surface area contributed by atoms with Crippen LogP contribution in [-0.2, 0) is 9.57 Å². The maximum atomic E-state index is 14.2. The molecule has 0 aromatic heterocycles. The van der Waals surface area contributed by atoms with Crippen LogP contribution in [0.4, 0.5) is 24.5 Å². The Hall–Kier alpha value is -2.62. The molecule has 0 bridgehead atoms. The molecule has 0 heterocycles. The molecule has 27 heavy (non-hydrogen) atoms. The van der Waals surface area contributed by atoms with Gasteiger partial charge in [-0.15, -0.1) is 0 Å². The van der Waals surface area contributed by atoms with Crippen LogP contribution < -0.4 is 10.8 Å². The lowest BCUT2D eigenvalue weighted by Gasteiger charge is -2.14. The highest BCUT2D eigenvalue weighted by atomic mass is 19.2. The van der Waals surface area contributed by atoms with Gasteiger partial charge in [0.15, 0.2) is 11.6 Å². The van der Waals surface area contributed by atoms with Gasteiger partial charge in [-0.25, -0.2) is 18.7 Å². The fourth-order valence-electron chi connectivity index (χ4n) is 2.16. The molecule has 0 aliphatic carbocycles. The van der Waals surface area contributed by atoms with Crippen molar-refractivity contribution in [1.82, 2.24) is 5.48 Å². The maximum absolute atomic E-state index is 14.2. The second-order valence-corrected chi connectivity index (χ2v) is 5.51. The lowest BCUT2D eigenvalue weighted by atomic mass is 10.1. The summed E-state index contributed by atoms with van der Waals surface area (Å²) in [5.41, 5.74) is 1.81. The summed E-state index contributed by atoms with van der Waals surface area (Å²) in [7, 11) is 0. The van der Waals surface area contributed by atoms with E-state index in [1.54, 1.807) is 13.0 Å². The van der Waals surface area contributed by atoms with E-state index < -0.39 is 29.0 Å². The van der Waals surface area contributed by atoms with Gasteiger partial charge in [0.1, 0.15) is 5.82 Å². The second kappa shape index (κ2) is 9.91. The summed E-state index contributed by atoms with van der Waals surface area (Å²) in [5, 5.41) is 11.0. The predicted molar refractivity (Wildman–Crippen MR) is 92.1 cm³/mol. The second-order valence-electron chi connectivity index (χ2n) is 5.51. The average Bonchev–Trinajstić information content (AvgIpc) is 2.63.